The Hall–Kier alpha value is -0.490. The van der Waals surface area contributed by atoms with Gasteiger partial charge in [0.2, 0.25) is 0 Å². The molecule has 1 heteroatoms. The lowest BCUT2D eigenvalue weighted by Crippen LogP contribution is -2.04. The Labute approximate surface area is 78.6 Å². The summed E-state index contributed by atoms with van der Waals surface area (Å²) < 4.78 is 0. The molecule has 0 aromatic heterocycles. The summed E-state index contributed by atoms with van der Waals surface area (Å²) in [4.78, 5) is 0. The minimum absolute atomic E-state index is 0.896. The van der Waals surface area contributed by atoms with E-state index in [4.69, 9.17) is 11.6 Å². The van der Waals surface area contributed by atoms with Crippen LogP contribution in [0.2, 0.25) is 5.02 Å². The second kappa shape index (κ2) is 3.10. The predicted molar refractivity (Wildman–Crippen MR) is 52.8 cm³/mol. The maximum Gasteiger partial charge on any atom is 0.0411 e. The third-order valence-electron chi connectivity index (χ3n) is 2.65. The fourth-order valence-electron chi connectivity index (χ4n) is 2.04. The Kier molecular flexibility index (Phi) is 2.10. The largest absolute Gasteiger partial charge is 0.0843 e. The minimum atomic E-state index is 0.896. The molecule has 1 aliphatic rings. The first-order valence-corrected chi connectivity index (χ1v) is 4.93. The molecule has 0 saturated carbocycles. The lowest BCUT2D eigenvalue weighted by atomic mass is 9.89. The summed E-state index contributed by atoms with van der Waals surface area (Å²) in [6.45, 7) is 2.16. The first-order chi connectivity index (χ1) is 5.77. The molecule has 0 saturated heterocycles. The molecule has 0 heterocycles. The fraction of sp³-hybridized carbons (Fsp3) is 0.455. The first kappa shape index (κ1) is 8.12. The van der Waals surface area contributed by atoms with Crippen molar-refractivity contribution in [2.24, 2.45) is 0 Å². The van der Waals surface area contributed by atoms with Gasteiger partial charge in [-0.15, -0.1) is 0 Å². The molecule has 12 heavy (non-hydrogen) atoms. The van der Waals surface area contributed by atoms with E-state index >= 15 is 0 Å². The molecule has 1 aromatic carbocycles. The topological polar surface area (TPSA) is 0 Å². The maximum atomic E-state index is 5.98. The smallest absolute Gasteiger partial charge is 0.0411 e. The summed E-state index contributed by atoms with van der Waals surface area (Å²) in [5, 5.41) is 0.896. The molecule has 0 spiro atoms. The highest BCUT2D eigenvalue weighted by Gasteiger charge is 2.11. The van der Waals surface area contributed by atoms with Crippen molar-refractivity contribution in [1.82, 2.24) is 0 Å². The molecule has 0 nitrogen and oxygen atoms in total. The number of hydrogen-bond donors (Lipinski definition) is 0. The average Bonchev–Trinajstić information content (AvgIpc) is 2.04. The lowest BCUT2D eigenvalue weighted by molar-refractivity contribution is 0.682. The SMILES string of the molecule is Cc1cc(Cl)cc2c1CCCC2. The molecule has 1 aliphatic carbocycles. The molecule has 0 amide bonds. The quantitative estimate of drug-likeness (QED) is 0.573. The highest BCUT2D eigenvalue weighted by Crippen LogP contribution is 2.27. The van der Waals surface area contributed by atoms with Crippen molar-refractivity contribution >= 4 is 11.6 Å². The summed E-state index contributed by atoms with van der Waals surface area (Å²) in [7, 11) is 0. The second-order valence-corrected chi connectivity index (χ2v) is 4.00. The van der Waals surface area contributed by atoms with Crippen molar-refractivity contribution in [1.29, 1.82) is 0 Å². The molecule has 0 N–H and O–H groups in total. The van der Waals surface area contributed by atoms with Crippen molar-refractivity contribution < 1.29 is 0 Å². The van der Waals surface area contributed by atoms with E-state index < -0.39 is 0 Å². The second-order valence-electron chi connectivity index (χ2n) is 3.57. The van der Waals surface area contributed by atoms with E-state index in [1.54, 1.807) is 5.56 Å². The number of fused-ring (bicyclic) bond motifs is 1. The summed E-state index contributed by atoms with van der Waals surface area (Å²) in [5.41, 5.74) is 4.40. The molecule has 0 atom stereocenters. The normalized spacial score (nSPS) is 15.8. The third kappa shape index (κ3) is 1.36. The Morgan fingerprint density at radius 1 is 1.17 bits per heavy atom. The fourth-order valence-corrected chi connectivity index (χ4v) is 2.34. The van der Waals surface area contributed by atoms with Crippen LogP contribution in [0.3, 0.4) is 0 Å². The minimum Gasteiger partial charge on any atom is -0.0843 e. The van der Waals surface area contributed by atoms with E-state index in [0.29, 0.717) is 0 Å². The van der Waals surface area contributed by atoms with Crippen LogP contribution in [0.25, 0.3) is 0 Å². The predicted octanol–water partition coefficient (Wildman–Crippen LogP) is 3.53. The summed E-state index contributed by atoms with van der Waals surface area (Å²) in [5.74, 6) is 0. The molecule has 0 fully saturated rings. The van der Waals surface area contributed by atoms with Gasteiger partial charge in [0.15, 0.2) is 0 Å². The van der Waals surface area contributed by atoms with Crippen LogP contribution in [0, 0.1) is 6.92 Å². The zero-order chi connectivity index (χ0) is 8.55. The van der Waals surface area contributed by atoms with E-state index in [9.17, 15) is 0 Å². The molecular weight excluding hydrogens is 168 g/mol. The van der Waals surface area contributed by atoms with Crippen molar-refractivity contribution in [3.05, 3.63) is 33.8 Å². The van der Waals surface area contributed by atoms with Gasteiger partial charge in [-0.2, -0.15) is 0 Å². The highest BCUT2D eigenvalue weighted by atomic mass is 35.5. The zero-order valence-electron chi connectivity index (χ0n) is 7.36. The van der Waals surface area contributed by atoms with Gasteiger partial charge >= 0.3 is 0 Å². The van der Waals surface area contributed by atoms with E-state index in [1.165, 1.54) is 36.8 Å². The standard InChI is InChI=1S/C11H13Cl/c1-8-6-10(12)7-9-4-2-3-5-11(8)9/h6-7H,2-5H2,1H3. The molecule has 0 bridgehead atoms. The van der Waals surface area contributed by atoms with Gasteiger partial charge in [-0.1, -0.05) is 11.6 Å². The summed E-state index contributed by atoms with van der Waals surface area (Å²) in [6, 6.07) is 4.20. The monoisotopic (exact) mass is 180 g/mol. The first-order valence-electron chi connectivity index (χ1n) is 4.55. The Morgan fingerprint density at radius 3 is 2.75 bits per heavy atom. The molecule has 2 rings (SSSR count). The summed E-state index contributed by atoms with van der Waals surface area (Å²) >= 11 is 5.98. The number of hydrogen-bond acceptors (Lipinski definition) is 0. The Balaban J connectivity index is 2.53. The van der Waals surface area contributed by atoms with Gasteiger partial charge in [-0.3, -0.25) is 0 Å². The van der Waals surface area contributed by atoms with Gasteiger partial charge in [0.25, 0.3) is 0 Å². The molecule has 0 aliphatic heterocycles. The van der Waals surface area contributed by atoms with Gasteiger partial charge < -0.3 is 0 Å². The highest BCUT2D eigenvalue weighted by molar-refractivity contribution is 6.30. The van der Waals surface area contributed by atoms with Crippen LogP contribution in [0.15, 0.2) is 12.1 Å². The molecule has 0 radical (unpaired) electrons. The van der Waals surface area contributed by atoms with Crippen molar-refractivity contribution in [2.75, 3.05) is 0 Å². The van der Waals surface area contributed by atoms with E-state index in [-0.39, 0.29) is 0 Å². The number of rotatable bonds is 0. The van der Waals surface area contributed by atoms with Gasteiger partial charge in [0, 0.05) is 5.02 Å². The molecule has 1 aromatic rings. The van der Waals surface area contributed by atoms with Crippen LogP contribution in [-0.4, -0.2) is 0 Å². The number of benzene rings is 1. The van der Waals surface area contributed by atoms with E-state index in [2.05, 4.69) is 19.1 Å². The van der Waals surface area contributed by atoms with Crippen molar-refractivity contribution in [3.8, 4) is 0 Å². The average molecular weight is 181 g/mol. The van der Waals surface area contributed by atoms with E-state index in [0.717, 1.165) is 5.02 Å². The number of halogens is 1. The van der Waals surface area contributed by atoms with Crippen molar-refractivity contribution in [3.63, 3.8) is 0 Å². The van der Waals surface area contributed by atoms with Crippen LogP contribution in [-0.2, 0) is 12.8 Å². The van der Waals surface area contributed by atoms with E-state index in [1.807, 2.05) is 0 Å². The maximum absolute atomic E-state index is 5.98. The third-order valence-corrected chi connectivity index (χ3v) is 2.87. The molecule has 64 valence electrons. The van der Waals surface area contributed by atoms with Crippen LogP contribution in [0.5, 0.6) is 0 Å². The van der Waals surface area contributed by atoms with Crippen LogP contribution < -0.4 is 0 Å². The van der Waals surface area contributed by atoms with Crippen molar-refractivity contribution in [2.45, 2.75) is 32.6 Å². The Bertz CT molecular complexity index is 302. The summed E-state index contributed by atoms with van der Waals surface area (Å²) in [6.07, 6.45) is 5.14. The lowest BCUT2D eigenvalue weighted by Gasteiger charge is -2.17. The van der Waals surface area contributed by atoms with Gasteiger partial charge in [-0.25, -0.2) is 0 Å². The van der Waals surface area contributed by atoms with Crippen LogP contribution >= 0.6 is 11.6 Å². The van der Waals surface area contributed by atoms with Gasteiger partial charge in [-0.05, 0) is 61.4 Å². The molecule has 0 unspecified atom stereocenters. The number of aryl methyl sites for hydroxylation is 2. The van der Waals surface area contributed by atoms with Gasteiger partial charge in [0.05, 0.1) is 0 Å². The molecular formula is C11H13Cl. The van der Waals surface area contributed by atoms with Crippen LogP contribution in [0.4, 0.5) is 0 Å². The van der Waals surface area contributed by atoms with Gasteiger partial charge in [0.1, 0.15) is 0 Å². The zero-order valence-corrected chi connectivity index (χ0v) is 8.12. The Morgan fingerprint density at radius 2 is 1.92 bits per heavy atom. The van der Waals surface area contributed by atoms with Crippen LogP contribution in [0.1, 0.15) is 29.5 Å².